The molecule has 3 N–H and O–H groups in total. The third kappa shape index (κ3) is 5.36. The predicted molar refractivity (Wildman–Crippen MR) is 143 cm³/mol. The Labute approximate surface area is 219 Å². The van der Waals surface area contributed by atoms with Gasteiger partial charge >= 0.3 is 5.97 Å². The number of nitrogens with one attached hydrogen (secondary N) is 2. The van der Waals surface area contributed by atoms with Gasteiger partial charge in [0.2, 0.25) is 5.91 Å². The number of furan rings is 1. The highest BCUT2D eigenvalue weighted by atomic mass is 32.1. The van der Waals surface area contributed by atoms with E-state index in [1.54, 1.807) is 30.5 Å². The molecule has 2 aromatic carbocycles. The second-order valence-electron chi connectivity index (χ2n) is 8.57. The van der Waals surface area contributed by atoms with E-state index in [9.17, 15) is 14.7 Å². The van der Waals surface area contributed by atoms with Crippen LogP contribution < -0.4 is 10.6 Å². The molecule has 5 rings (SSSR count). The number of hydrogen-bond acceptors (Lipinski definition) is 5. The maximum absolute atomic E-state index is 12.7. The van der Waals surface area contributed by atoms with Crippen molar-refractivity contribution < 1.29 is 19.1 Å². The van der Waals surface area contributed by atoms with Crippen molar-refractivity contribution in [1.82, 2.24) is 15.2 Å². The molecule has 0 bridgehead atoms. The van der Waals surface area contributed by atoms with Gasteiger partial charge in [0, 0.05) is 30.4 Å². The van der Waals surface area contributed by atoms with Gasteiger partial charge in [0.1, 0.15) is 17.6 Å². The Hall–Kier alpha value is -4.50. The monoisotopic (exact) mass is 512 g/mol. The highest BCUT2D eigenvalue weighted by Gasteiger charge is 2.41. The number of amides is 1. The lowest BCUT2D eigenvalue weighted by molar-refractivity contribution is -0.116. The fourth-order valence-electron chi connectivity index (χ4n) is 4.37. The number of thiocarbonyl (C=S) groups is 1. The van der Waals surface area contributed by atoms with E-state index in [1.165, 1.54) is 0 Å². The quantitative estimate of drug-likeness (QED) is 0.282. The first-order valence-electron chi connectivity index (χ1n) is 11.8. The molecule has 0 radical (unpaired) electrons. The maximum Gasteiger partial charge on any atom is 0.335 e. The number of benzene rings is 2. The molecule has 0 aliphatic carbocycles. The van der Waals surface area contributed by atoms with Crippen molar-refractivity contribution in [3.05, 3.63) is 108 Å². The Bertz CT molecular complexity index is 1410. The van der Waals surface area contributed by atoms with Gasteiger partial charge < -0.3 is 25.1 Å². The first-order chi connectivity index (χ1) is 18.0. The third-order valence-corrected chi connectivity index (χ3v) is 6.52. The molecule has 4 aromatic rings. The van der Waals surface area contributed by atoms with Crippen molar-refractivity contribution in [1.29, 1.82) is 0 Å². The van der Waals surface area contributed by atoms with E-state index < -0.39 is 5.97 Å². The van der Waals surface area contributed by atoms with Crippen molar-refractivity contribution >= 4 is 34.9 Å². The van der Waals surface area contributed by atoms with Crippen molar-refractivity contribution in [2.24, 2.45) is 0 Å². The lowest BCUT2D eigenvalue weighted by Gasteiger charge is -2.25. The second-order valence-corrected chi connectivity index (χ2v) is 8.96. The van der Waals surface area contributed by atoms with E-state index in [2.05, 4.69) is 15.6 Å². The number of anilines is 1. The molecule has 3 heterocycles. The molecule has 1 amide bonds. The summed E-state index contributed by atoms with van der Waals surface area (Å²) in [6, 6.07) is 24.6. The SMILES string of the molecule is O=C(CCN1C(=S)N[C@H](c2ccccn2)[C@H]1c1ccc(-c2ccc(C(=O)O)cc2)o1)Nc1ccccc1. The minimum atomic E-state index is -0.984. The Balaban J connectivity index is 1.40. The molecule has 0 saturated carbocycles. The Morgan fingerprint density at radius 1 is 1.00 bits per heavy atom. The van der Waals surface area contributed by atoms with Gasteiger partial charge in [-0.25, -0.2) is 4.79 Å². The minimum absolute atomic E-state index is 0.118. The molecule has 0 unspecified atom stereocenters. The topological polar surface area (TPSA) is 108 Å². The van der Waals surface area contributed by atoms with Gasteiger partial charge in [-0.1, -0.05) is 36.4 Å². The second kappa shape index (κ2) is 10.6. The molecule has 2 aromatic heterocycles. The summed E-state index contributed by atoms with van der Waals surface area (Å²) in [5, 5.41) is 15.9. The smallest absolute Gasteiger partial charge is 0.335 e. The normalized spacial score (nSPS) is 16.9. The number of aromatic carboxylic acids is 1. The summed E-state index contributed by atoms with van der Waals surface area (Å²) < 4.78 is 6.27. The number of carbonyl (C=O) groups excluding carboxylic acids is 1. The third-order valence-electron chi connectivity index (χ3n) is 6.17. The van der Waals surface area contributed by atoms with E-state index >= 15 is 0 Å². The molecule has 1 fully saturated rings. The number of hydrogen-bond donors (Lipinski definition) is 3. The summed E-state index contributed by atoms with van der Waals surface area (Å²) in [6.45, 7) is 0.377. The number of pyridine rings is 1. The predicted octanol–water partition coefficient (Wildman–Crippen LogP) is 5.04. The highest BCUT2D eigenvalue weighted by Crippen LogP contribution is 2.40. The Kier molecular flexibility index (Phi) is 6.96. The van der Waals surface area contributed by atoms with E-state index in [4.69, 9.17) is 16.6 Å². The van der Waals surface area contributed by atoms with Crippen molar-refractivity contribution in [3.63, 3.8) is 0 Å². The molecular weight excluding hydrogens is 488 g/mol. The van der Waals surface area contributed by atoms with E-state index in [1.807, 2.05) is 65.6 Å². The van der Waals surface area contributed by atoms with Gasteiger partial charge in [0.25, 0.3) is 0 Å². The molecule has 0 spiro atoms. The van der Waals surface area contributed by atoms with E-state index in [0.717, 1.165) is 16.9 Å². The van der Waals surface area contributed by atoms with Crippen LogP contribution in [0.5, 0.6) is 0 Å². The summed E-state index contributed by atoms with van der Waals surface area (Å²) in [7, 11) is 0. The van der Waals surface area contributed by atoms with Gasteiger partial charge in [-0.15, -0.1) is 0 Å². The van der Waals surface area contributed by atoms with Crippen LogP contribution in [0.1, 0.15) is 40.3 Å². The zero-order valence-corrected chi connectivity index (χ0v) is 20.5. The summed E-state index contributed by atoms with van der Waals surface area (Å²) in [5.41, 5.74) is 2.50. The van der Waals surface area contributed by atoms with Gasteiger partial charge in [-0.2, -0.15) is 0 Å². The lowest BCUT2D eigenvalue weighted by Crippen LogP contribution is -2.32. The average molecular weight is 513 g/mol. The van der Waals surface area contributed by atoms with Crippen molar-refractivity contribution in [2.45, 2.75) is 18.5 Å². The Morgan fingerprint density at radius 3 is 2.46 bits per heavy atom. The van der Waals surface area contributed by atoms with Crippen LogP contribution in [0.25, 0.3) is 11.3 Å². The number of para-hydroxylation sites is 1. The number of carbonyl (C=O) groups is 2. The standard InChI is InChI=1S/C28H24N4O4S/c33-24(30-20-6-2-1-3-7-20)15-17-32-26(25(31-28(32)37)21-8-4-5-16-29-21)23-14-13-22(36-23)18-9-11-19(12-10-18)27(34)35/h1-14,16,25-26H,15,17H2,(H,30,33)(H,31,37)(H,34,35)/t25-,26-/m1/s1. The van der Waals surface area contributed by atoms with Crippen LogP contribution in [-0.2, 0) is 4.79 Å². The van der Waals surface area contributed by atoms with Crippen molar-refractivity contribution in [2.75, 3.05) is 11.9 Å². The number of aromatic nitrogens is 1. The lowest BCUT2D eigenvalue weighted by atomic mass is 10.0. The minimum Gasteiger partial charge on any atom is -0.478 e. The zero-order chi connectivity index (χ0) is 25.8. The van der Waals surface area contributed by atoms with Crippen LogP contribution in [0.15, 0.2) is 95.5 Å². The molecule has 8 nitrogen and oxygen atoms in total. The molecule has 1 saturated heterocycles. The fraction of sp³-hybridized carbons (Fsp3) is 0.143. The van der Waals surface area contributed by atoms with Crippen LogP contribution >= 0.6 is 12.2 Å². The average Bonchev–Trinajstić information content (AvgIpc) is 3.53. The molecule has 2 atom stereocenters. The van der Waals surface area contributed by atoms with Crippen LogP contribution in [0.2, 0.25) is 0 Å². The first-order valence-corrected chi connectivity index (χ1v) is 12.2. The fourth-order valence-corrected chi connectivity index (χ4v) is 4.70. The highest BCUT2D eigenvalue weighted by molar-refractivity contribution is 7.80. The number of rotatable bonds is 8. The van der Waals surface area contributed by atoms with Crippen LogP contribution in [0.3, 0.4) is 0 Å². The molecular formula is C28H24N4O4S. The Morgan fingerprint density at radius 2 is 1.76 bits per heavy atom. The van der Waals surface area contributed by atoms with Crippen LogP contribution in [0, 0.1) is 0 Å². The maximum atomic E-state index is 12.7. The van der Waals surface area contributed by atoms with Gasteiger partial charge in [-0.05, 0) is 60.7 Å². The van der Waals surface area contributed by atoms with Gasteiger partial charge in [0.15, 0.2) is 5.11 Å². The number of nitrogens with zero attached hydrogens (tertiary/aromatic N) is 2. The molecule has 1 aliphatic rings. The summed E-state index contributed by atoms with van der Waals surface area (Å²) in [4.78, 5) is 30.3. The number of carboxylic acid groups (broad SMARTS) is 1. The number of carboxylic acids is 1. The summed E-state index contributed by atoms with van der Waals surface area (Å²) >= 11 is 5.67. The summed E-state index contributed by atoms with van der Waals surface area (Å²) in [5.74, 6) is 0.158. The van der Waals surface area contributed by atoms with Crippen LogP contribution in [0.4, 0.5) is 5.69 Å². The van der Waals surface area contributed by atoms with Gasteiger partial charge in [-0.3, -0.25) is 9.78 Å². The van der Waals surface area contributed by atoms with E-state index in [-0.39, 0.29) is 30.0 Å². The van der Waals surface area contributed by atoms with Gasteiger partial charge in [0.05, 0.1) is 17.3 Å². The van der Waals surface area contributed by atoms with E-state index in [0.29, 0.717) is 23.2 Å². The molecule has 186 valence electrons. The van der Waals surface area contributed by atoms with Crippen molar-refractivity contribution in [3.8, 4) is 11.3 Å². The van der Waals surface area contributed by atoms with Crippen LogP contribution in [-0.4, -0.2) is 38.5 Å². The summed E-state index contributed by atoms with van der Waals surface area (Å²) in [6.07, 6.45) is 1.96. The molecule has 37 heavy (non-hydrogen) atoms. The molecule has 1 aliphatic heterocycles. The largest absolute Gasteiger partial charge is 0.478 e. The first kappa shape index (κ1) is 24.2. The zero-order valence-electron chi connectivity index (χ0n) is 19.7. The molecule has 9 heteroatoms.